The van der Waals surface area contributed by atoms with E-state index in [0.717, 1.165) is 4.57 Å². The fourth-order valence-corrected chi connectivity index (χ4v) is 2.31. The van der Waals surface area contributed by atoms with Crippen LogP contribution in [0.25, 0.3) is 10.9 Å². The zero-order valence-electron chi connectivity index (χ0n) is 12.3. The van der Waals surface area contributed by atoms with Crippen molar-refractivity contribution in [3.05, 3.63) is 60.3 Å². The van der Waals surface area contributed by atoms with Gasteiger partial charge >= 0.3 is 12.1 Å². The molecular weight excluding hydrogens is 323 g/mol. The summed E-state index contributed by atoms with van der Waals surface area (Å²) < 4.78 is 43.4. The molecule has 0 bridgehead atoms. The van der Waals surface area contributed by atoms with Crippen molar-refractivity contribution in [2.24, 2.45) is 0 Å². The van der Waals surface area contributed by atoms with Crippen LogP contribution in [0.15, 0.2) is 48.9 Å². The summed E-state index contributed by atoms with van der Waals surface area (Å²) in [6, 6.07) is 8.41. The number of hydrogen-bond acceptors (Lipinski definition) is 4. The molecule has 0 aliphatic carbocycles. The van der Waals surface area contributed by atoms with Gasteiger partial charge in [-0.2, -0.15) is 13.2 Å². The highest BCUT2D eigenvalue weighted by Crippen LogP contribution is 2.20. The fraction of sp³-hybridized carbons (Fsp3) is 0.188. The minimum absolute atomic E-state index is 0.0269. The molecule has 0 unspecified atom stereocenters. The third kappa shape index (κ3) is 3.53. The van der Waals surface area contributed by atoms with E-state index in [0.29, 0.717) is 16.5 Å². The van der Waals surface area contributed by atoms with Crippen LogP contribution in [-0.2, 0) is 17.9 Å². The number of carbonyl (C=O) groups is 1. The second-order valence-electron chi connectivity index (χ2n) is 5.04. The third-order valence-electron chi connectivity index (χ3n) is 3.35. The predicted octanol–water partition coefficient (Wildman–Crippen LogP) is 3.35. The van der Waals surface area contributed by atoms with E-state index in [1.807, 2.05) is 0 Å². The monoisotopic (exact) mass is 335 g/mol. The quantitative estimate of drug-likeness (QED) is 0.686. The van der Waals surface area contributed by atoms with Crippen LogP contribution >= 0.6 is 0 Å². The number of halogens is 3. The van der Waals surface area contributed by atoms with Gasteiger partial charge in [0.1, 0.15) is 19.0 Å². The second kappa shape index (κ2) is 6.31. The minimum atomic E-state index is -4.37. The lowest BCUT2D eigenvalue weighted by Crippen LogP contribution is -2.20. The lowest BCUT2D eigenvalue weighted by molar-refractivity contribution is -0.141. The van der Waals surface area contributed by atoms with E-state index in [-0.39, 0.29) is 12.4 Å². The number of alkyl halides is 3. The standard InChI is InChI=1S/C16H12F3N3O2/c17-16(18,19)10-22-8-7-21-14(22)9-24-15(23)12-3-1-5-13-11(12)4-2-6-20-13/h1-8H,9-10H2. The van der Waals surface area contributed by atoms with Gasteiger partial charge in [-0.15, -0.1) is 0 Å². The average molecular weight is 335 g/mol. The first-order valence-corrected chi connectivity index (χ1v) is 7.02. The van der Waals surface area contributed by atoms with Gasteiger partial charge in [0.25, 0.3) is 0 Å². The Kier molecular flexibility index (Phi) is 4.20. The molecule has 2 heterocycles. The molecule has 3 aromatic rings. The molecule has 0 spiro atoms. The number of rotatable bonds is 4. The number of nitrogens with zero attached hydrogens (tertiary/aromatic N) is 3. The van der Waals surface area contributed by atoms with Gasteiger partial charge < -0.3 is 9.30 Å². The molecule has 124 valence electrons. The SMILES string of the molecule is O=C(OCc1nccn1CC(F)(F)F)c1cccc2ncccc12. The van der Waals surface area contributed by atoms with Crippen LogP contribution in [0.5, 0.6) is 0 Å². The summed E-state index contributed by atoms with van der Waals surface area (Å²) in [7, 11) is 0. The number of carbonyl (C=O) groups excluding carboxylic acids is 1. The van der Waals surface area contributed by atoms with Gasteiger partial charge in [-0.25, -0.2) is 9.78 Å². The number of aromatic nitrogens is 3. The molecule has 0 atom stereocenters. The summed E-state index contributed by atoms with van der Waals surface area (Å²) in [5.74, 6) is -0.616. The molecule has 24 heavy (non-hydrogen) atoms. The van der Waals surface area contributed by atoms with E-state index in [1.54, 1.807) is 36.5 Å². The van der Waals surface area contributed by atoms with E-state index in [2.05, 4.69) is 9.97 Å². The molecule has 2 aromatic heterocycles. The van der Waals surface area contributed by atoms with Gasteiger partial charge in [0.2, 0.25) is 0 Å². The maximum atomic E-state index is 12.5. The molecule has 0 N–H and O–H groups in total. The average Bonchev–Trinajstić information content (AvgIpc) is 2.97. The Morgan fingerprint density at radius 1 is 1.12 bits per heavy atom. The number of hydrogen-bond donors (Lipinski definition) is 0. The Morgan fingerprint density at radius 2 is 1.96 bits per heavy atom. The van der Waals surface area contributed by atoms with E-state index in [9.17, 15) is 18.0 Å². The summed E-state index contributed by atoms with van der Waals surface area (Å²) in [5.41, 5.74) is 0.931. The fourth-order valence-electron chi connectivity index (χ4n) is 2.31. The Hall–Kier alpha value is -2.90. The highest BCUT2D eigenvalue weighted by Gasteiger charge is 2.29. The van der Waals surface area contributed by atoms with Crippen LogP contribution in [0, 0.1) is 0 Å². The Balaban J connectivity index is 1.75. The molecule has 0 saturated carbocycles. The summed E-state index contributed by atoms with van der Waals surface area (Å²) in [5, 5.41) is 0.614. The van der Waals surface area contributed by atoms with Crippen LogP contribution in [0.2, 0.25) is 0 Å². The molecule has 0 amide bonds. The number of fused-ring (bicyclic) bond motifs is 1. The number of benzene rings is 1. The van der Waals surface area contributed by atoms with Gasteiger partial charge in [-0.05, 0) is 18.2 Å². The normalized spacial score (nSPS) is 11.6. The van der Waals surface area contributed by atoms with Gasteiger partial charge in [0.15, 0.2) is 0 Å². The van der Waals surface area contributed by atoms with Gasteiger partial charge in [-0.3, -0.25) is 4.98 Å². The zero-order chi connectivity index (χ0) is 17.2. The number of ether oxygens (including phenoxy) is 1. The maximum Gasteiger partial charge on any atom is 0.406 e. The predicted molar refractivity (Wildman–Crippen MR) is 79.1 cm³/mol. The summed E-state index contributed by atoms with van der Waals surface area (Å²) in [6.07, 6.45) is -0.346. The van der Waals surface area contributed by atoms with Crippen LogP contribution in [0.4, 0.5) is 13.2 Å². The largest absolute Gasteiger partial charge is 0.454 e. The molecule has 8 heteroatoms. The van der Waals surface area contributed by atoms with Gasteiger partial charge in [-0.1, -0.05) is 12.1 Å². The molecular formula is C16H12F3N3O2. The van der Waals surface area contributed by atoms with Crippen molar-refractivity contribution < 1.29 is 22.7 Å². The first kappa shape index (κ1) is 16.0. The van der Waals surface area contributed by atoms with Gasteiger partial charge in [0, 0.05) is 24.0 Å². The second-order valence-corrected chi connectivity index (χ2v) is 5.04. The summed E-state index contributed by atoms with van der Waals surface area (Å²) in [6.45, 7) is -1.53. The molecule has 0 aliphatic rings. The Morgan fingerprint density at radius 3 is 2.75 bits per heavy atom. The van der Waals surface area contributed by atoms with Crippen molar-refractivity contribution in [1.29, 1.82) is 0 Å². The van der Waals surface area contributed by atoms with E-state index >= 15 is 0 Å². The van der Waals surface area contributed by atoms with Gasteiger partial charge in [0.05, 0.1) is 11.1 Å². The van der Waals surface area contributed by atoms with Crippen molar-refractivity contribution in [3.8, 4) is 0 Å². The van der Waals surface area contributed by atoms with Crippen LogP contribution < -0.4 is 0 Å². The third-order valence-corrected chi connectivity index (χ3v) is 3.35. The molecule has 0 saturated heterocycles. The summed E-state index contributed by atoms with van der Waals surface area (Å²) >= 11 is 0. The molecule has 0 fully saturated rings. The van der Waals surface area contributed by atoms with Crippen LogP contribution in [0.1, 0.15) is 16.2 Å². The van der Waals surface area contributed by atoms with E-state index < -0.39 is 18.7 Å². The lowest BCUT2D eigenvalue weighted by Gasteiger charge is -2.11. The number of pyridine rings is 1. The zero-order valence-corrected chi connectivity index (χ0v) is 12.3. The molecule has 3 rings (SSSR count). The maximum absolute atomic E-state index is 12.5. The van der Waals surface area contributed by atoms with Crippen molar-refractivity contribution in [3.63, 3.8) is 0 Å². The first-order chi connectivity index (χ1) is 11.4. The van der Waals surface area contributed by atoms with Crippen LogP contribution in [-0.4, -0.2) is 26.7 Å². The molecule has 0 aliphatic heterocycles. The number of esters is 1. The van der Waals surface area contributed by atoms with E-state index in [1.165, 1.54) is 12.4 Å². The topological polar surface area (TPSA) is 57.0 Å². The first-order valence-electron chi connectivity index (χ1n) is 7.02. The highest BCUT2D eigenvalue weighted by molar-refractivity contribution is 6.03. The van der Waals surface area contributed by atoms with Crippen molar-refractivity contribution in [1.82, 2.24) is 14.5 Å². The Labute approximate surface area is 134 Å². The molecule has 1 aromatic carbocycles. The smallest absolute Gasteiger partial charge is 0.406 e. The van der Waals surface area contributed by atoms with Crippen molar-refractivity contribution in [2.45, 2.75) is 19.3 Å². The van der Waals surface area contributed by atoms with E-state index in [4.69, 9.17) is 4.74 Å². The number of imidazole rings is 1. The summed E-state index contributed by atoms with van der Waals surface area (Å²) in [4.78, 5) is 20.2. The minimum Gasteiger partial charge on any atom is -0.454 e. The molecule has 0 radical (unpaired) electrons. The highest BCUT2D eigenvalue weighted by atomic mass is 19.4. The van der Waals surface area contributed by atoms with Crippen molar-refractivity contribution in [2.75, 3.05) is 0 Å². The molecule has 5 nitrogen and oxygen atoms in total. The van der Waals surface area contributed by atoms with Crippen molar-refractivity contribution >= 4 is 16.9 Å². The van der Waals surface area contributed by atoms with Crippen LogP contribution in [0.3, 0.4) is 0 Å². The Bertz CT molecular complexity index is 869. The lowest BCUT2D eigenvalue weighted by atomic mass is 10.1.